The fourth-order valence-corrected chi connectivity index (χ4v) is 4.75. The lowest BCUT2D eigenvalue weighted by atomic mass is 10.0. The van der Waals surface area contributed by atoms with Crippen LogP contribution >= 0.6 is 0 Å². The van der Waals surface area contributed by atoms with Crippen LogP contribution in [-0.2, 0) is 20.9 Å². The third-order valence-corrected chi connectivity index (χ3v) is 6.76. The van der Waals surface area contributed by atoms with Crippen LogP contribution in [0, 0.1) is 5.82 Å². The molecule has 0 spiro atoms. The highest BCUT2D eigenvalue weighted by Gasteiger charge is 2.50. The summed E-state index contributed by atoms with van der Waals surface area (Å²) in [5.41, 5.74) is 0.732. The smallest absolute Gasteiger partial charge is 0.407 e. The summed E-state index contributed by atoms with van der Waals surface area (Å²) in [7, 11) is 1.66. The first-order chi connectivity index (χ1) is 18.8. The average Bonchev–Trinajstić information content (AvgIpc) is 2.90. The molecule has 0 aromatic heterocycles. The molecule has 2 aliphatic rings. The van der Waals surface area contributed by atoms with Crippen LogP contribution in [-0.4, -0.2) is 95.8 Å². The molecular weight excluding hydrogens is 507 g/mol. The standard InChI is InChI=1S/C27H39FN6O5/c1-4-6-15-32-18-23-33(22(25(32)36)9-8-14-29-27(38)39-16-7-5-2)24(35)19-31(3)34(23)26(37)30-17-20-10-12-21(28)13-11-20/h5,7,10-13,22-23H,4,6,8-9,14-19H2,1-3H3,(H,29,38)(H,30,37)/b7-5-/t22-,23-/m0/s1. The van der Waals surface area contributed by atoms with E-state index in [1.165, 1.54) is 22.0 Å². The van der Waals surface area contributed by atoms with Crippen molar-refractivity contribution in [3.8, 4) is 0 Å². The highest BCUT2D eigenvalue weighted by Crippen LogP contribution is 2.28. The number of halogens is 1. The third kappa shape index (κ3) is 7.92. The number of ether oxygens (including phenoxy) is 1. The van der Waals surface area contributed by atoms with Gasteiger partial charge in [0.15, 0.2) is 0 Å². The quantitative estimate of drug-likeness (QED) is 0.326. The summed E-state index contributed by atoms with van der Waals surface area (Å²) in [4.78, 5) is 55.1. The number of carbonyl (C=O) groups excluding carboxylic acids is 4. The second-order valence-corrected chi connectivity index (χ2v) is 9.62. The number of carbonyl (C=O) groups is 4. The SMILES string of the molecule is C/C=C\COC(=O)NCCC[C@H]1C(=O)N(CCCC)C[C@H]2N1C(=O)CN(C)N2C(=O)NCc1ccc(F)cc1. The van der Waals surface area contributed by atoms with E-state index in [0.717, 1.165) is 18.4 Å². The molecule has 214 valence electrons. The minimum absolute atomic E-state index is 0.0608. The van der Waals surface area contributed by atoms with E-state index in [-0.39, 0.29) is 50.4 Å². The number of nitrogens with one attached hydrogen (secondary N) is 2. The molecule has 2 fully saturated rings. The summed E-state index contributed by atoms with van der Waals surface area (Å²) in [5.74, 6) is -0.752. The minimum atomic E-state index is -0.755. The van der Waals surface area contributed by atoms with Gasteiger partial charge in [-0.05, 0) is 43.9 Å². The van der Waals surface area contributed by atoms with E-state index in [1.807, 2.05) is 13.8 Å². The zero-order valence-electron chi connectivity index (χ0n) is 22.9. The van der Waals surface area contributed by atoms with Crippen molar-refractivity contribution in [3.05, 3.63) is 47.8 Å². The summed E-state index contributed by atoms with van der Waals surface area (Å²) >= 11 is 0. The van der Waals surface area contributed by atoms with Crippen LogP contribution in [0.1, 0.15) is 45.1 Å². The molecule has 1 aromatic rings. The second kappa shape index (κ2) is 14.5. The molecule has 11 nitrogen and oxygen atoms in total. The number of piperazine rings is 1. The van der Waals surface area contributed by atoms with Crippen LogP contribution < -0.4 is 10.6 Å². The molecule has 2 saturated heterocycles. The Hall–Kier alpha value is -3.67. The number of nitrogens with zero attached hydrogens (tertiary/aromatic N) is 4. The maximum absolute atomic E-state index is 13.5. The van der Waals surface area contributed by atoms with Gasteiger partial charge < -0.3 is 25.2 Å². The van der Waals surface area contributed by atoms with Gasteiger partial charge in [0.1, 0.15) is 24.6 Å². The zero-order valence-corrected chi connectivity index (χ0v) is 22.9. The van der Waals surface area contributed by atoms with Crippen LogP contribution in [0.25, 0.3) is 0 Å². The van der Waals surface area contributed by atoms with Gasteiger partial charge >= 0.3 is 12.1 Å². The fourth-order valence-electron chi connectivity index (χ4n) is 4.75. The van der Waals surface area contributed by atoms with Crippen molar-refractivity contribution < 1.29 is 28.3 Å². The Morgan fingerprint density at radius 3 is 2.59 bits per heavy atom. The van der Waals surface area contributed by atoms with E-state index in [4.69, 9.17) is 4.74 Å². The van der Waals surface area contributed by atoms with Gasteiger partial charge in [0.2, 0.25) is 11.8 Å². The van der Waals surface area contributed by atoms with Gasteiger partial charge in [-0.3, -0.25) is 9.59 Å². The van der Waals surface area contributed by atoms with Gasteiger partial charge in [-0.25, -0.2) is 24.0 Å². The van der Waals surface area contributed by atoms with Gasteiger partial charge in [0.05, 0.1) is 13.1 Å². The van der Waals surface area contributed by atoms with E-state index in [0.29, 0.717) is 19.4 Å². The Kier molecular flexibility index (Phi) is 11.1. The Balaban J connectivity index is 1.72. The molecule has 12 heteroatoms. The highest BCUT2D eigenvalue weighted by atomic mass is 19.1. The maximum atomic E-state index is 13.5. The predicted octanol–water partition coefficient (Wildman–Crippen LogP) is 2.45. The number of urea groups is 1. The second-order valence-electron chi connectivity index (χ2n) is 9.62. The van der Waals surface area contributed by atoms with Crippen molar-refractivity contribution in [3.63, 3.8) is 0 Å². The van der Waals surface area contributed by atoms with Crippen LogP contribution in [0.4, 0.5) is 14.0 Å². The van der Waals surface area contributed by atoms with E-state index >= 15 is 0 Å². The average molecular weight is 547 g/mol. The van der Waals surface area contributed by atoms with Crippen molar-refractivity contribution in [2.75, 3.05) is 39.8 Å². The third-order valence-electron chi connectivity index (χ3n) is 6.76. The molecule has 2 heterocycles. The first-order valence-corrected chi connectivity index (χ1v) is 13.4. The summed E-state index contributed by atoms with van der Waals surface area (Å²) in [6, 6.07) is 4.67. The number of hydrogen-bond donors (Lipinski definition) is 2. The van der Waals surface area contributed by atoms with Crippen LogP contribution in [0.3, 0.4) is 0 Å². The van der Waals surface area contributed by atoms with E-state index in [9.17, 15) is 23.6 Å². The molecule has 3 rings (SSSR count). The molecule has 0 unspecified atom stereocenters. The number of benzene rings is 1. The van der Waals surface area contributed by atoms with Crippen LogP contribution in [0.2, 0.25) is 0 Å². The molecule has 0 bridgehead atoms. The fraction of sp³-hybridized carbons (Fsp3) is 0.556. The molecule has 0 saturated carbocycles. The van der Waals surface area contributed by atoms with E-state index in [2.05, 4.69) is 10.6 Å². The topological polar surface area (TPSA) is 115 Å². The van der Waals surface area contributed by atoms with Gasteiger partial charge in [-0.2, -0.15) is 0 Å². The van der Waals surface area contributed by atoms with Gasteiger partial charge in [-0.15, -0.1) is 0 Å². The van der Waals surface area contributed by atoms with Gasteiger partial charge in [-0.1, -0.05) is 37.6 Å². The lowest BCUT2D eigenvalue weighted by Crippen LogP contribution is -2.76. The summed E-state index contributed by atoms with van der Waals surface area (Å²) in [5, 5.41) is 8.57. The number of alkyl carbamates (subject to hydrolysis) is 1. The van der Waals surface area contributed by atoms with Gasteiger partial charge in [0.25, 0.3) is 0 Å². The van der Waals surface area contributed by atoms with Crippen molar-refractivity contribution in [1.82, 2.24) is 30.5 Å². The van der Waals surface area contributed by atoms with Crippen molar-refractivity contribution in [2.45, 2.75) is 58.3 Å². The Bertz CT molecular complexity index is 1040. The summed E-state index contributed by atoms with van der Waals surface area (Å²) < 4.78 is 18.3. The number of amides is 5. The molecule has 2 N–H and O–H groups in total. The first-order valence-electron chi connectivity index (χ1n) is 13.4. The Morgan fingerprint density at radius 1 is 1.15 bits per heavy atom. The molecule has 39 heavy (non-hydrogen) atoms. The first kappa shape index (κ1) is 29.9. The molecule has 1 aromatic carbocycles. The molecule has 2 atom stereocenters. The van der Waals surface area contributed by atoms with Gasteiger partial charge in [0, 0.05) is 26.7 Å². The van der Waals surface area contributed by atoms with E-state index in [1.54, 1.807) is 41.2 Å². The molecular formula is C27H39FN6O5. The minimum Gasteiger partial charge on any atom is -0.445 e. The van der Waals surface area contributed by atoms with Crippen molar-refractivity contribution in [2.24, 2.45) is 0 Å². The predicted molar refractivity (Wildman–Crippen MR) is 142 cm³/mol. The number of hydrogen-bond acceptors (Lipinski definition) is 6. The monoisotopic (exact) mass is 546 g/mol. The van der Waals surface area contributed by atoms with E-state index < -0.39 is 24.3 Å². The molecule has 5 amide bonds. The molecule has 0 radical (unpaired) electrons. The van der Waals surface area contributed by atoms with Crippen LogP contribution in [0.15, 0.2) is 36.4 Å². The number of rotatable bonds is 11. The normalized spacial score (nSPS) is 19.8. The van der Waals surface area contributed by atoms with Crippen molar-refractivity contribution in [1.29, 1.82) is 0 Å². The molecule has 0 aliphatic carbocycles. The lowest BCUT2D eigenvalue weighted by molar-refractivity contribution is -0.187. The number of fused-ring (bicyclic) bond motifs is 1. The number of likely N-dealkylation sites (N-methyl/N-ethyl adjacent to an activating group) is 1. The number of allylic oxidation sites excluding steroid dienone is 1. The van der Waals surface area contributed by atoms with Crippen molar-refractivity contribution >= 4 is 23.9 Å². The summed E-state index contributed by atoms with van der Waals surface area (Å²) in [6.45, 7) is 5.16. The largest absolute Gasteiger partial charge is 0.445 e. The lowest BCUT2D eigenvalue weighted by Gasteiger charge is -2.54. The Morgan fingerprint density at radius 2 is 1.90 bits per heavy atom. The maximum Gasteiger partial charge on any atom is 0.407 e. The molecule has 2 aliphatic heterocycles. The van der Waals surface area contributed by atoms with Crippen LogP contribution in [0.5, 0.6) is 0 Å². The summed E-state index contributed by atoms with van der Waals surface area (Å²) in [6.07, 6.45) is 4.73. The number of hydrazine groups is 1. The highest BCUT2D eigenvalue weighted by molar-refractivity contribution is 5.91. The number of unbranched alkanes of at least 4 members (excludes halogenated alkanes) is 1. The zero-order chi connectivity index (χ0) is 28.4. The Labute approximate surface area is 228 Å².